The first-order valence-corrected chi connectivity index (χ1v) is 8.17. The van der Waals surface area contributed by atoms with E-state index in [4.69, 9.17) is 4.42 Å². The predicted octanol–water partition coefficient (Wildman–Crippen LogP) is 5.25. The van der Waals surface area contributed by atoms with Gasteiger partial charge < -0.3 is 4.42 Å². The summed E-state index contributed by atoms with van der Waals surface area (Å²) in [5.74, 6) is 1.67. The van der Waals surface area contributed by atoms with Gasteiger partial charge in [-0.2, -0.15) is 0 Å². The molecule has 0 radical (unpaired) electrons. The molecule has 0 unspecified atom stereocenters. The Balaban J connectivity index is 2.31. The van der Waals surface area contributed by atoms with Crippen LogP contribution < -0.4 is 5.43 Å². The standard InChI is InChI=1S/C18H30O2/c1-5-6-7-8-9-10-11-12-13-17-15(3)18(19)14(2)16(4)20-17/h5-13H2,1-4H3. The summed E-state index contributed by atoms with van der Waals surface area (Å²) in [7, 11) is 0. The van der Waals surface area contributed by atoms with E-state index in [1.54, 1.807) is 0 Å². The highest BCUT2D eigenvalue weighted by Gasteiger charge is 2.10. The Morgan fingerprint density at radius 3 is 1.95 bits per heavy atom. The molecule has 0 N–H and O–H groups in total. The van der Waals surface area contributed by atoms with Crippen LogP contribution in [0.2, 0.25) is 0 Å². The Morgan fingerprint density at radius 1 is 0.800 bits per heavy atom. The van der Waals surface area contributed by atoms with E-state index in [-0.39, 0.29) is 5.43 Å². The third-order valence-electron chi connectivity index (χ3n) is 4.16. The van der Waals surface area contributed by atoms with Crippen molar-refractivity contribution in [1.29, 1.82) is 0 Å². The van der Waals surface area contributed by atoms with Crippen molar-refractivity contribution < 1.29 is 4.42 Å². The van der Waals surface area contributed by atoms with Crippen molar-refractivity contribution in [2.24, 2.45) is 0 Å². The largest absolute Gasteiger partial charge is 0.466 e. The van der Waals surface area contributed by atoms with Crippen molar-refractivity contribution in [2.75, 3.05) is 0 Å². The molecular formula is C18H30O2. The van der Waals surface area contributed by atoms with Gasteiger partial charge in [-0.05, 0) is 27.2 Å². The van der Waals surface area contributed by atoms with Crippen LogP contribution in [0.3, 0.4) is 0 Å². The fraction of sp³-hybridized carbons (Fsp3) is 0.722. The quantitative estimate of drug-likeness (QED) is 0.578. The van der Waals surface area contributed by atoms with E-state index >= 15 is 0 Å². The molecule has 1 rings (SSSR count). The zero-order chi connectivity index (χ0) is 15.0. The van der Waals surface area contributed by atoms with Crippen molar-refractivity contribution in [1.82, 2.24) is 0 Å². The second kappa shape index (κ2) is 8.99. The first kappa shape index (κ1) is 17.0. The Hall–Kier alpha value is -1.05. The van der Waals surface area contributed by atoms with E-state index in [1.807, 2.05) is 20.8 Å². The summed E-state index contributed by atoms with van der Waals surface area (Å²) < 4.78 is 5.78. The molecule has 0 spiro atoms. The van der Waals surface area contributed by atoms with Crippen LogP contribution in [0.1, 0.15) is 80.9 Å². The highest BCUT2D eigenvalue weighted by molar-refractivity contribution is 5.25. The topological polar surface area (TPSA) is 30.2 Å². The van der Waals surface area contributed by atoms with E-state index in [1.165, 1.54) is 44.9 Å². The van der Waals surface area contributed by atoms with Gasteiger partial charge in [-0.3, -0.25) is 4.79 Å². The van der Waals surface area contributed by atoms with Gasteiger partial charge in [-0.25, -0.2) is 0 Å². The lowest BCUT2D eigenvalue weighted by Gasteiger charge is -2.08. The van der Waals surface area contributed by atoms with Crippen LogP contribution in [0.25, 0.3) is 0 Å². The summed E-state index contributed by atoms with van der Waals surface area (Å²) in [6.07, 6.45) is 11.3. The number of aryl methyl sites for hydroxylation is 2. The van der Waals surface area contributed by atoms with Crippen LogP contribution >= 0.6 is 0 Å². The molecule has 1 aromatic rings. The van der Waals surface area contributed by atoms with Crippen LogP contribution in [0.5, 0.6) is 0 Å². The maximum absolute atomic E-state index is 12.0. The molecule has 0 saturated carbocycles. The molecule has 1 aromatic heterocycles. The van der Waals surface area contributed by atoms with Crippen molar-refractivity contribution in [2.45, 2.75) is 85.5 Å². The molecule has 0 saturated heterocycles. The van der Waals surface area contributed by atoms with E-state index in [0.717, 1.165) is 35.5 Å². The molecule has 114 valence electrons. The van der Waals surface area contributed by atoms with Crippen LogP contribution in [0.4, 0.5) is 0 Å². The van der Waals surface area contributed by atoms with Crippen molar-refractivity contribution >= 4 is 0 Å². The van der Waals surface area contributed by atoms with Gasteiger partial charge in [-0.15, -0.1) is 0 Å². The van der Waals surface area contributed by atoms with Crippen molar-refractivity contribution in [3.8, 4) is 0 Å². The van der Waals surface area contributed by atoms with Gasteiger partial charge in [0.2, 0.25) is 0 Å². The van der Waals surface area contributed by atoms with Crippen LogP contribution in [-0.4, -0.2) is 0 Å². The second-order valence-electron chi connectivity index (χ2n) is 5.89. The van der Waals surface area contributed by atoms with E-state index in [2.05, 4.69) is 6.92 Å². The average molecular weight is 278 g/mol. The first-order chi connectivity index (χ1) is 9.57. The summed E-state index contributed by atoms with van der Waals surface area (Å²) in [4.78, 5) is 12.0. The van der Waals surface area contributed by atoms with Gasteiger partial charge in [0.1, 0.15) is 11.5 Å². The lowest BCUT2D eigenvalue weighted by Crippen LogP contribution is -2.13. The highest BCUT2D eigenvalue weighted by atomic mass is 16.3. The van der Waals surface area contributed by atoms with Gasteiger partial charge in [-0.1, -0.05) is 51.9 Å². The maximum atomic E-state index is 12.0. The maximum Gasteiger partial charge on any atom is 0.191 e. The monoisotopic (exact) mass is 278 g/mol. The molecule has 0 atom stereocenters. The Labute approximate surface area is 123 Å². The van der Waals surface area contributed by atoms with Crippen molar-refractivity contribution in [3.05, 3.63) is 32.9 Å². The Bertz CT molecular complexity index is 457. The van der Waals surface area contributed by atoms with Gasteiger partial charge in [0, 0.05) is 17.5 Å². The fourth-order valence-electron chi connectivity index (χ4n) is 2.56. The number of hydrogen-bond donors (Lipinski definition) is 0. The fourth-order valence-corrected chi connectivity index (χ4v) is 2.56. The minimum Gasteiger partial charge on any atom is -0.466 e. The summed E-state index contributed by atoms with van der Waals surface area (Å²) in [6, 6.07) is 0. The lowest BCUT2D eigenvalue weighted by atomic mass is 10.0. The van der Waals surface area contributed by atoms with Gasteiger partial charge >= 0.3 is 0 Å². The SMILES string of the molecule is CCCCCCCCCCc1oc(C)c(C)c(=O)c1C. The molecule has 0 amide bonds. The summed E-state index contributed by atoms with van der Waals surface area (Å²) in [5.41, 5.74) is 1.71. The lowest BCUT2D eigenvalue weighted by molar-refractivity contribution is 0.443. The van der Waals surface area contributed by atoms with Crippen LogP contribution in [0.15, 0.2) is 9.21 Å². The average Bonchev–Trinajstić information content (AvgIpc) is 2.44. The molecule has 20 heavy (non-hydrogen) atoms. The molecule has 0 aliphatic heterocycles. The molecular weight excluding hydrogens is 248 g/mol. The zero-order valence-electron chi connectivity index (χ0n) is 13.7. The van der Waals surface area contributed by atoms with Gasteiger partial charge in [0.05, 0.1) is 0 Å². The Kier molecular flexibility index (Phi) is 7.64. The van der Waals surface area contributed by atoms with E-state index in [9.17, 15) is 4.79 Å². The first-order valence-electron chi connectivity index (χ1n) is 8.17. The molecule has 1 heterocycles. The normalized spacial score (nSPS) is 11.0. The molecule has 2 nitrogen and oxygen atoms in total. The zero-order valence-corrected chi connectivity index (χ0v) is 13.7. The molecule has 2 heteroatoms. The number of hydrogen-bond acceptors (Lipinski definition) is 2. The van der Waals surface area contributed by atoms with Gasteiger partial charge in [0.25, 0.3) is 0 Å². The number of unbranched alkanes of at least 4 members (excludes halogenated alkanes) is 7. The second-order valence-corrected chi connectivity index (χ2v) is 5.89. The van der Waals surface area contributed by atoms with Crippen molar-refractivity contribution in [3.63, 3.8) is 0 Å². The van der Waals surface area contributed by atoms with Crippen LogP contribution in [-0.2, 0) is 6.42 Å². The minimum absolute atomic E-state index is 0.156. The third-order valence-corrected chi connectivity index (χ3v) is 4.16. The third kappa shape index (κ3) is 5.15. The summed E-state index contributed by atoms with van der Waals surface area (Å²) in [5, 5.41) is 0. The molecule has 0 aliphatic rings. The highest BCUT2D eigenvalue weighted by Crippen LogP contribution is 2.15. The predicted molar refractivity (Wildman–Crippen MR) is 85.5 cm³/mol. The smallest absolute Gasteiger partial charge is 0.191 e. The van der Waals surface area contributed by atoms with Crippen LogP contribution in [0, 0.1) is 20.8 Å². The van der Waals surface area contributed by atoms with Gasteiger partial charge in [0.15, 0.2) is 5.43 Å². The summed E-state index contributed by atoms with van der Waals surface area (Å²) in [6.45, 7) is 7.86. The van der Waals surface area contributed by atoms with E-state index < -0.39 is 0 Å². The Morgan fingerprint density at radius 2 is 1.35 bits per heavy atom. The minimum atomic E-state index is 0.156. The molecule has 0 fully saturated rings. The molecule has 0 bridgehead atoms. The summed E-state index contributed by atoms with van der Waals surface area (Å²) >= 11 is 0. The molecule has 0 aromatic carbocycles. The molecule has 0 aliphatic carbocycles. The van der Waals surface area contributed by atoms with E-state index in [0.29, 0.717) is 0 Å². The number of rotatable bonds is 9.